The van der Waals surface area contributed by atoms with Crippen LogP contribution in [0.4, 0.5) is 29.1 Å². The molecule has 2 aromatic rings. The SMILES string of the molecule is CC1(c2nc(NC(=O)c3ncc(F)cc3N)ccc2F)N=C(N)OCC1(F)F. The van der Waals surface area contributed by atoms with Gasteiger partial charge in [0.25, 0.3) is 11.9 Å². The molecule has 0 radical (unpaired) electrons. The Labute approximate surface area is 155 Å². The zero-order chi connectivity index (χ0) is 20.7. The number of alkyl halides is 2. The normalized spacial score (nSPS) is 20.8. The fourth-order valence-electron chi connectivity index (χ4n) is 2.54. The van der Waals surface area contributed by atoms with Crippen LogP contribution in [-0.4, -0.2) is 34.4 Å². The number of pyridine rings is 2. The lowest BCUT2D eigenvalue weighted by Gasteiger charge is -2.36. The van der Waals surface area contributed by atoms with Crippen molar-refractivity contribution in [2.24, 2.45) is 10.7 Å². The van der Waals surface area contributed by atoms with Gasteiger partial charge in [-0.25, -0.2) is 23.7 Å². The highest BCUT2D eigenvalue weighted by Gasteiger charge is 2.57. The summed E-state index contributed by atoms with van der Waals surface area (Å²) in [6.45, 7) is -0.175. The van der Waals surface area contributed by atoms with E-state index in [1.54, 1.807) is 0 Å². The van der Waals surface area contributed by atoms with Gasteiger partial charge in [0.2, 0.25) is 0 Å². The number of carbonyl (C=O) groups is 1. The van der Waals surface area contributed by atoms with Crippen molar-refractivity contribution in [3.05, 3.63) is 47.4 Å². The molecule has 148 valence electrons. The number of rotatable bonds is 3. The Morgan fingerprint density at radius 3 is 2.68 bits per heavy atom. The van der Waals surface area contributed by atoms with Crippen molar-refractivity contribution in [2.45, 2.75) is 18.4 Å². The van der Waals surface area contributed by atoms with Crippen LogP contribution in [0.5, 0.6) is 0 Å². The maximum Gasteiger partial charge on any atom is 0.311 e. The highest BCUT2D eigenvalue weighted by atomic mass is 19.3. The molecule has 5 N–H and O–H groups in total. The summed E-state index contributed by atoms with van der Waals surface area (Å²) < 4.78 is 60.7. The van der Waals surface area contributed by atoms with Gasteiger partial charge < -0.3 is 21.5 Å². The van der Waals surface area contributed by atoms with E-state index in [0.717, 1.165) is 31.3 Å². The second kappa shape index (κ2) is 6.62. The van der Waals surface area contributed by atoms with Crippen molar-refractivity contribution in [1.29, 1.82) is 0 Å². The number of nitrogens with two attached hydrogens (primary N) is 2. The third-order valence-corrected chi connectivity index (χ3v) is 4.09. The number of nitrogens with one attached hydrogen (secondary N) is 1. The van der Waals surface area contributed by atoms with E-state index in [9.17, 15) is 22.4 Å². The fraction of sp³-hybridized carbons (Fsp3) is 0.250. The van der Waals surface area contributed by atoms with Crippen LogP contribution in [0, 0.1) is 11.6 Å². The molecule has 2 aromatic heterocycles. The third kappa shape index (κ3) is 3.28. The van der Waals surface area contributed by atoms with Crippen LogP contribution in [0.15, 0.2) is 29.4 Å². The molecule has 3 heterocycles. The topological polar surface area (TPSA) is 129 Å². The predicted octanol–water partition coefficient (Wildman–Crippen LogP) is 1.78. The molecule has 28 heavy (non-hydrogen) atoms. The molecule has 8 nitrogen and oxygen atoms in total. The van der Waals surface area contributed by atoms with Crippen molar-refractivity contribution < 1.29 is 27.1 Å². The Morgan fingerprint density at radius 2 is 2.00 bits per heavy atom. The summed E-state index contributed by atoms with van der Waals surface area (Å²) >= 11 is 0. The van der Waals surface area contributed by atoms with Gasteiger partial charge in [0.1, 0.15) is 23.1 Å². The van der Waals surface area contributed by atoms with Gasteiger partial charge in [-0.05, 0) is 19.1 Å². The number of anilines is 2. The van der Waals surface area contributed by atoms with Crippen LogP contribution in [0.3, 0.4) is 0 Å². The number of hydrogen-bond acceptors (Lipinski definition) is 7. The molecule has 1 unspecified atom stereocenters. The highest BCUT2D eigenvalue weighted by Crippen LogP contribution is 2.43. The summed E-state index contributed by atoms with van der Waals surface area (Å²) in [4.78, 5) is 23.1. The minimum absolute atomic E-state index is 0.250. The second-order valence-corrected chi connectivity index (χ2v) is 6.09. The minimum atomic E-state index is -3.63. The number of nitrogen functional groups attached to an aromatic ring is 1. The molecular weight excluding hydrogens is 384 g/mol. The second-order valence-electron chi connectivity index (χ2n) is 6.09. The molecule has 1 aliphatic rings. The van der Waals surface area contributed by atoms with Crippen molar-refractivity contribution >= 4 is 23.4 Å². The number of aliphatic imine (C=N–C) groups is 1. The number of hydrogen-bond donors (Lipinski definition) is 3. The standard InChI is InChI=1S/C16H14F4N6O2/c1-15(16(19,20)6-28-14(22)26-15)12-8(18)2-3-10(24-12)25-13(27)11-9(21)4-7(17)5-23-11/h2-5H,6,21H2,1H3,(H2,22,26)(H,24,25,27). The molecule has 1 atom stereocenters. The average molecular weight is 398 g/mol. The van der Waals surface area contributed by atoms with Gasteiger partial charge in [0.15, 0.2) is 17.8 Å². The van der Waals surface area contributed by atoms with E-state index in [1.165, 1.54) is 0 Å². The lowest BCUT2D eigenvalue weighted by atomic mass is 9.89. The first kappa shape index (κ1) is 19.3. The van der Waals surface area contributed by atoms with Gasteiger partial charge in [-0.15, -0.1) is 0 Å². The van der Waals surface area contributed by atoms with Gasteiger partial charge in [0.05, 0.1) is 11.9 Å². The summed E-state index contributed by atoms with van der Waals surface area (Å²) in [5.74, 6) is -6.63. The largest absolute Gasteiger partial charge is 0.459 e. The minimum Gasteiger partial charge on any atom is -0.459 e. The number of ether oxygens (including phenoxy) is 1. The smallest absolute Gasteiger partial charge is 0.311 e. The number of aromatic nitrogens is 2. The Hall–Kier alpha value is -3.44. The van der Waals surface area contributed by atoms with Crippen LogP contribution in [0.1, 0.15) is 23.1 Å². The zero-order valence-electron chi connectivity index (χ0n) is 14.3. The van der Waals surface area contributed by atoms with Gasteiger partial charge in [-0.3, -0.25) is 4.79 Å². The van der Waals surface area contributed by atoms with Crippen LogP contribution in [-0.2, 0) is 10.3 Å². The van der Waals surface area contributed by atoms with Gasteiger partial charge in [-0.2, -0.15) is 8.78 Å². The van der Waals surface area contributed by atoms with Gasteiger partial charge >= 0.3 is 5.92 Å². The first-order chi connectivity index (χ1) is 13.0. The molecule has 12 heteroatoms. The lowest BCUT2D eigenvalue weighted by molar-refractivity contribution is -0.118. The molecule has 3 rings (SSSR count). The predicted molar refractivity (Wildman–Crippen MR) is 90.6 cm³/mol. The third-order valence-electron chi connectivity index (χ3n) is 4.09. The highest BCUT2D eigenvalue weighted by molar-refractivity contribution is 6.05. The number of nitrogens with zero attached hydrogens (tertiary/aromatic N) is 3. The van der Waals surface area contributed by atoms with E-state index < -0.39 is 47.3 Å². The maximum absolute atomic E-state index is 14.4. The first-order valence-electron chi connectivity index (χ1n) is 7.79. The Balaban J connectivity index is 1.98. The monoisotopic (exact) mass is 398 g/mol. The van der Waals surface area contributed by atoms with E-state index in [1.807, 2.05) is 0 Å². The van der Waals surface area contributed by atoms with E-state index in [0.29, 0.717) is 0 Å². The maximum atomic E-state index is 14.4. The van der Waals surface area contributed by atoms with Crippen LogP contribution in [0.25, 0.3) is 0 Å². The molecule has 1 aliphatic heterocycles. The molecular formula is C16H14F4N6O2. The number of amides is 1. The Bertz CT molecular complexity index is 984. The van der Waals surface area contributed by atoms with Crippen LogP contribution < -0.4 is 16.8 Å². The molecule has 0 aliphatic carbocycles. The van der Waals surface area contributed by atoms with Crippen molar-refractivity contribution in [3.8, 4) is 0 Å². The molecule has 1 amide bonds. The van der Waals surface area contributed by atoms with E-state index in [-0.39, 0.29) is 17.2 Å². The summed E-state index contributed by atoms with van der Waals surface area (Å²) in [5, 5.41) is 2.24. The summed E-state index contributed by atoms with van der Waals surface area (Å²) in [6.07, 6.45) is 0.774. The van der Waals surface area contributed by atoms with Crippen LogP contribution >= 0.6 is 0 Å². The molecule has 0 aromatic carbocycles. The van der Waals surface area contributed by atoms with Crippen molar-refractivity contribution in [1.82, 2.24) is 9.97 Å². The Kier molecular flexibility index (Phi) is 4.57. The quantitative estimate of drug-likeness (QED) is 0.676. The van der Waals surface area contributed by atoms with E-state index >= 15 is 0 Å². The summed E-state index contributed by atoms with van der Waals surface area (Å²) in [6, 6.07) is 2.21. The summed E-state index contributed by atoms with van der Waals surface area (Å²) in [7, 11) is 0. The van der Waals surface area contributed by atoms with Crippen molar-refractivity contribution in [2.75, 3.05) is 17.7 Å². The van der Waals surface area contributed by atoms with Gasteiger partial charge in [-0.1, -0.05) is 0 Å². The number of carbonyl (C=O) groups excluding carboxylic acids is 1. The molecule has 0 fully saturated rings. The zero-order valence-corrected chi connectivity index (χ0v) is 14.3. The van der Waals surface area contributed by atoms with E-state index in [4.69, 9.17) is 11.5 Å². The number of amidine groups is 1. The fourth-order valence-corrected chi connectivity index (χ4v) is 2.54. The molecule has 0 saturated heterocycles. The Morgan fingerprint density at radius 1 is 1.29 bits per heavy atom. The molecule has 0 bridgehead atoms. The molecule has 0 spiro atoms. The van der Waals surface area contributed by atoms with E-state index in [2.05, 4.69) is 25.0 Å². The molecule has 0 saturated carbocycles. The average Bonchev–Trinajstić information content (AvgIpc) is 2.60. The summed E-state index contributed by atoms with van der Waals surface area (Å²) in [5.41, 5.74) is 7.11. The van der Waals surface area contributed by atoms with Gasteiger partial charge in [0, 0.05) is 6.07 Å². The lowest BCUT2D eigenvalue weighted by Crippen LogP contribution is -2.51. The van der Waals surface area contributed by atoms with Crippen molar-refractivity contribution in [3.63, 3.8) is 0 Å². The number of halogens is 4. The first-order valence-corrected chi connectivity index (χ1v) is 7.79. The van der Waals surface area contributed by atoms with Crippen LogP contribution in [0.2, 0.25) is 0 Å².